The average molecular weight is 534 g/mol. The molecule has 0 amide bonds. The van der Waals surface area contributed by atoms with Crippen molar-refractivity contribution in [2.24, 2.45) is 0 Å². The maximum Gasteiger partial charge on any atom is 0.252 e. The lowest BCUT2D eigenvalue weighted by molar-refractivity contribution is 0.135. The van der Waals surface area contributed by atoms with Gasteiger partial charge in [-0.2, -0.15) is 4.31 Å². The van der Waals surface area contributed by atoms with E-state index in [1.54, 1.807) is 29.6 Å². The van der Waals surface area contributed by atoms with Crippen molar-refractivity contribution in [3.05, 3.63) is 64.8 Å². The fourth-order valence-electron chi connectivity index (χ4n) is 4.21. The summed E-state index contributed by atoms with van der Waals surface area (Å²) in [4.78, 5) is 4.70. The van der Waals surface area contributed by atoms with Crippen LogP contribution < -0.4 is 9.47 Å². The molecule has 1 fully saturated rings. The van der Waals surface area contributed by atoms with Gasteiger partial charge < -0.3 is 19.0 Å². The number of thiophene rings is 1. The van der Waals surface area contributed by atoms with Crippen molar-refractivity contribution in [3.8, 4) is 22.8 Å². The number of fused-ring (bicyclic) bond motifs is 1. The zero-order valence-corrected chi connectivity index (χ0v) is 21.3. The van der Waals surface area contributed by atoms with Crippen LogP contribution in [0.3, 0.4) is 0 Å². The zero-order valence-electron chi connectivity index (χ0n) is 18.9. The molecule has 4 heterocycles. The number of piperidine rings is 1. The maximum absolute atomic E-state index is 12.7. The van der Waals surface area contributed by atoms with Crippen LogP contribution in [0.25, 0.3) is 16.9 Å². The molecule has 35 heavy (non-hydrogen) atoms. The number of pyridine rings is 1. The monoisotopic (exact) mass is 533 g/mol. The number of aliphatic hydroxyl groups is 1. The first-order valence-electron chi connectivity index (χ1n) is 11.1. The Morgan fingerprint density at radius 2 is 2.03 bits per heavy atom. The summed E-state index contributed by atoms with van der Waals surface area (Å²) in [5.41, 5.74) is 2.74. The van der Waals surface area contributed by atoms with Crippen molar-refractivity contribution in [3.63, 3.8) is 0 Å². The van der Waals surface area contributed by atoms with Crippen LogP contribution >= 0.6 is 22.9 Å². The van der Waals surface area contributed by atoms with Gasteiger partial charge in [0, 0.05) is 37.1 Å². The number of aliphatic hydroxyl groups excluding tert-OH is 1. The molecule has 1 aromatic carbocycles. The van der Waals surface area contributed by atoms with Gasteiger partial charge >= 0.3 is 0 Å². The highest BCUT2D eigenvalue weighted by Gasteiger charge is 2.30. The standard InChI is InChI=1S/C24H24ClN3O5S2/c1-32-22-11-16(15-29)19(13-20(22)25)21-14-27-7-4-18(12-23(27)26-21)33-17-5-8-28(9-6-17)35(30,31)24-3-2-10-34-24/h2-4,7,10-14,17,29H,5-6,8-9,15H2,1H3. The minimum atomic E-state index is -3.43. The lowest BCUT2D eigenvalue weighted by Crippen LogP contribution is -2.41. The highest BCUT2D eigenvalue weighted by atomic mass is 35.5. The lowest BCUT2D eigenvalue weighted by atomic mass is 10.1. The second-order valence-electron chi connectivity index (χ2n) is 8.21. The topological polar surface area (TPSA) is 93.4 Å². The number of aromatic nitrogens is 2. The Kier molecular flexibility index (Phi) is 6.73. The Morgan fingerprint density at radius 3 is 2.71 bits per heavy atom. The molecule has 0 bridgehead atoms. The smallest absolute Gasteiger partial charge is 0.252 e. The van der Waals surface area contributed by atoms with Crippen molar-refractivity contribution in [2.45, 2.75) is 29.8 Å². The summed E-state index contributed by atoms with van der Waals surface area (Å²) in [6.45, 7) is 0.664. The summed E-state index contributed by atoms with van der Waals surface area (Å²) in [6, 6.07) is 10.5. The van der Waals surface area contributed by atoms with Gasteiger partial charge in [0.05, 0.1) is 24.4 Å². The molecular weight excluding hydrogens is 510 g/mol. The molecule has 1 aliphatic rings. The zero-order chi connectivity index (χ0) is 24.6. The first-order valence-corrected chi connectivity index (χ1v) is 13.8. The molecule has 0 spiro atoms. The molecule has 5 rings (SSSR count). The number of benzene rings is 1. The van der Waals surface area contributed by atoms with Crippen LogP contribution in [-0.2, 0) is 16.6 Å². The minimum absolute atomic E-state index is 0.0805. The molecule has 4 aromatic rings. The number of halogens is 1. The van der Waals surface area contributed by atoms with Crippen molar-refractivity contribution in [2.75, 3.05) is 20.2 Å². The Labute approximate surface area is 212 Å². The number of nitrogens with zero attached hydrogens (tertiary/aromatic N) is 3. The van der Waals surface area contributed by atoms with Crippen molar-refractivity contribution >= 4 is 38.6 Å². The Balaban J connectivity index is 1.31. The van der Waals surface area contributed by atoms with Gasteiger partial charge in [-0.05, 0) is 48.1 Å². The molecule has 8 nitrogen and oxygen atoms in total. The van der Waals surface area contributed by atoms with Crippen LogP contribution in [0.15, 0.2) is 58.4 Å². The molecule has 0 atom stereocenters. The number of rotatable bonds is 7. The molecule has 1 aliphatic heterocycles. The summed E-state index contributed by atoms with van der Waals surface area (Å²) in [5, 5.41) is 12.0. The summed E-state index contributed by atoms with van der Waals surface area (Å²) in [7, 11) is -1.90. The van der Waals surface area contributed by atoms with Crippen LogP contribution in [0.4, 0.5) is 0 Å². The predicted octanol–water partition coefficient (Wildman–Crippen LogP) is 4.45. The van der Waals surface area contributed by atoms with E-state index < -0.39 is 10.0 Å². The summed E-state index contributed by atoms with van der Waals surface area (Å²) >= 11 is 7.54. The Hall–Kier alpha value is -2.63. The molecule has 1 saturated heterocycles. The molecule has 1 N–H and O–H groups in total. The molecule has 0 aliphatic carbocycles. The molecule has 3 aromatic heterocycles. The Morgan fingerprint density at radius 1 is 1.23 bits per heavy atom. The van der Waals surface area contributed by atoms with Crippen LogP contribution in [0, 0.1) is 0 Å². The highest BCUT2D eigenvalue weighted by molar-refractivity contribution is 7.91. The third-order valence-corrected chi connectivity index (χ3v) is 9.62. The van der Waals surface area contributed by atoms with E-state index in [1.165, 1.54) is 22.8 Å². The van der Waals surface area contributed by atoms with Gasteiger partial charge in [0.1, 0.15) is 27.5 Å². The van der Waals surface area contributed by atoms with Crippen LogP contribution in [-0.4, -0.2) is 53.5 Å². The molecular formula is C24H24ClN3O5S2. The van der Waals surface area contributed by atoms with Gasteiger partial charge in [0.2, 0.25) is 0 Å². The van der Waals surface area contributed by atoms with Crippen LogP contribution in [0.1, 0.15) is 18.4 Å². The fourth-order valence-corrected chi connectivity index (χ4v) is 7.06. The average Bonchev–Trinajstić information content (AvgIpc) is 3.55. The largest absolute Gasteiger partial charge is 0.495 e. The van der Waals surface area contributed by atoms with Gasteiger partial charge in [0.25, 0.3) is 10.0 Å². The van der Waals surface area contributed by atoms with Gasteiger partial charge in [-0.3, -0.25) is 0 Å². The third kappa shape index (κ3) is 4.76. The first kappa shape index (κ1) is 24.1. The van der Waals surface area contributed by atoms with Gasteiger partial charge in [-0.1, -0.05) is 17.7 Å². The van der Waals surface area contributed by atoms with Gasteiger partial charge in [0.15, 0.2) is 0 Å². The number of imidazole rings is 1. The fraction of sp³-hybridized carbons (Fsp3) is 0.292. The van der Waals surface area contributed by atoms with E-state index in [9.17, 15) is 13.5 Å². The van der Waals surface area contributed by atoms with E-state index >= 15 is 0 Å². The number of sulfonamides is 1. The highest BCUT2D eigenvalue weighted by Crippen LogP contribution is 2.34. The molecule has 184 valence electrons. The second kappa shape index (κ2) is 9.79. The quantitative estimate of drug-likeness (QED) is 0.377. The minimum Gasteiger partial charge on any atom is -0.495 e. The van der Waals surface area contributed by atoms with E-state index in [1.807, 2.05) is 28.9 Å². The summed E-state index contributed by atoms with van der Waals surface area (Å²) in [6.07, 6.45) is 4.87. The molecule has 11 heteroatoms. The number of ether oxygens (including phenoxy) is 2. The van der Waals surface area contributed by atoms with E-state index in [-0.39, 0.29) is 12.7 Å². The van der Waals surface area contributed by atoms with Crippen molar-refractivity contribution < 1.29 is 23.0 Å². The normalized spacial score (nSPS) is 15.5. The van der Waals surface area contributed by atoms with E-state index in [2.05, 4.69) is 0 Å². The summed E-state index contributed by atoms with van der Waals surface area (Å²) in [5.74, 6) is 1.16. The predicted molar refractivity (Wildman–Crippen MR) is 135 cm³/mol. The molecule has 0 radical (unpaired) electrons. The lowest BCUT2D eigenvalue weighted by Gasteiger charge is -2.31. The van der Waals surface area contributed by atoms with Gasteiger partial charge in [-0.15, -0.1) is 11.3 Å². The van der Waals surface area contributed by atoms with Crippen molar-refractivity contribution in [1.82, 2.24) is 13.7 Å². The molecule has 0 saturated carbocycles. The first-order chi connectivity index (χ1) is 16.9. The number of methoxy groups -OCH3 is 1. The van der Waals surface area contributed by atoms with Gasteiger partial charge in [-0.25, -0.2) is 13.4 Å². The van der Waals surface area contributed by atoms with Crippen LogP contribution in [0.2, 0.25) is 5.02 Å². The SMILES string of the molecule is COc1cc(CO)c(-c2cn3ccc(OC4CCN(S(=O)(=O)c5cccs5)CC4)cc3n2)cc1Cl. The van der Waals surface area contributed by atoms with E-state index in [4.69, 9.17) is 26.1 Å². The number of hydrogen-bond acceptors (Lipinski definition) is 7. The van der Waals surface area contributed by atoms with E-state index in [0.717, 1.165) is 5.56 Å². The maximum atomic E-state index is 12.7. The third-order valence-electron chi connectivity index (χ3n) is 6.05. The van der Waals surface area contributed by atoms with E-state index in [0.29, 0.717) is 63.6 Å². The van der Waals surface area contributed by atoms with Crippen molar-refractivity contribution in [1.29, 1.82) is 0 Å². The number of hydrogen-bond donors (Lipinski definition) is 1. The summed E-state index contributed by atoms with van der Waals surface area (Å²) < 4.78 is 40.7. The molecule has 0 unspecified atom stereocenters. The van der Waals surface area contributed by atoms with Crippen LogP contribution in [0.5, 0.6) is 11.5 Å². The Bertz CT molecular complexity index is 1450. The second-order valence-corrected chi connectivity index (χ2v) is 11.7.